The van der Waals surface area contributed by atoms with Crippen molar-refractivity contribution in [2.75, 3.05) is 13.2 Å². The fourth-order valence-electron chi connectivity index (χ4n) is 3.56. The first-order valence-electron chi connectivity index (χ1n) is 9.25. The SMILES string of the molecule is CCOC(=O)C(CC(O)CCCO)=C(C1=CCCC1)C1=CCCC1. The van der Waals surface area contributed by atoms with Crippen LogP contribution < -0.4 is 0 Å². The average molecular weight is 334 g/mol. The summed E-state index contributed by atoms with van der Waals surface area (Å²) in [5.74, 6) is -0.309. The van der Waals surface area contributed by atoms with Crippen molar-refractivity contribution in [3.8, 4) is 0 Å². The van der Waals surface area contributed by atoms with Crippen LogP contribution >= 0.6 is 0 Å². The first-order valence-corrected chi connectivity index (χ1v) is 9.25. The van der Waals surface area contributed by atoms with E-state index in [2.05, 4.69) is 12.2 Å². The lowest BCUT2D eigenvalue weighted by molar-refractivity contribution is -0.139. The van der Waals surface area contributed by atoms with E-state index in [9.17, 15) is 9.90 Å². The molecule has 2 aliphatic carbocycles. The lowest BCUT2D eigenvalue weighted by Gasteiger charge is -2.19. The van der Waals surface area contributed by atoms with Crippen molar-refractivity contribution >= 4 is 5.97 Å². The van der Waals surface area contributed by atoms with Gasteiger partial charge in [0.1, 0.15) is 0 Å². The minimum Gasteiger partial charge on any atom is -0.463 e. The van der Waals surface area contributed by atoms with E-state index < -0.39 is 6.10 Å². The molecule has 0 fully saturated rings. The van der Waals surface area contributed by atoms with E-state index in [1.807, 2.05) is 0 Å². The first kappa shape index (κ1) is 18.9. The summed E-state index contributed by atoms with van der Waals surface area (Å²) in [7, 11) is 0. The Balaban J connectivity index is 2.36. The van der Waals surface area contributed by atoms with Gasteiger partial charge in [0.25, 0.3) is 0 Å². The molecule has 2 aliphatic rings. The highest BCUT2D eigenvalue weighted by atomic mass is 16.5. The van der Waals surface area contributed by atoms with E-state index in [1.165, 1.54) is 11.1 Å². The van der Waals surface area contributed by atoms with Crippen LogP contribution in [0.5, 0.6) is 0 Å². The van der Waals surface area contributed by atoms with Crippen LogP contribution in [0.3, 0.4) is 0 Å². The quantitative estimate of drug-likeness (QED) is 0.499. The summed E-state index contributed by atoms with van der Waals surface area (Å²) in [6.45, 7) is 2.19. The maximum Gasteiger partial charge on any atom is 0.334 e. The zero-order valence-corrected chi connectivity index (χ0v) is 14.7. The van der Waals surface area contributed by atoms with E-state index in [4.69, 9.17) is 9.84 Å². The highest BCUT2D eigenvalue weighted by Gasteiger charge is 2.26. The van der Waals surface area contributed by atoms with Gasteiger partial charge >= 0.3 is 5.97 Å². The van der Waals surface area contributed by atoms with E-state index in [1.54, 1.807) is 6.92 Å². The molecular formula is C20H30O4. The number of hydrogen-bond donors (Lipinski definition) is 2. The number of ether oxygens (including phenoxy) is 1. The van der Waals surface area contributed by atoms with Crippen molar-refractivity contribution < 1.29 is 19.7 Å². The molecule has 0 amide bonds. The first-order chi connectivity index (χ1) is 11.7. The second kappa shape index (κ2) is 9.80. The predicted molar refractivity (Wildman–Crippen MR) is 94.5 cm³/mol. The van der Waals surface area contributed by atoms with Gasteiger partial charge in [-0.15, -0.1) is 0 Å². The molecule has 4 nitrogen and oxygen atoms in total. The molecule has 0 saturated carbocycles. The zero-order valence-electron chi connectivity index (χ0n) is 14.7. The summed E-state index contributed by atoms with van der Waals surface area (Å²) in [5, 5.41) is 19.3. The Hall–Kier alpha value is -1.39. The molecule has 134 valence electrons. The number of aliphatic hydroxyl groups is 2. The van der Waals surface area contributed by atoms with Gasteiger partial charge in [-0.1, -0.05) is 12.2 Å². The molecule has 2 rings (SSSR count). The predicted octanol–water partition coefficient (Wildman–Crippen LogP) is 3.59. The molecule has 24 heavy (non-hydrogen) atoms. The van der Waals surface area contributed by atoms with Gasteiger partial charge in [-0.25, -0.2) is 4.79 Å². The molecule has 1 atom stereocenters. The molecular weight excluding hydrogens is 304 g/mol. The van der Waals surface area contributed by atoms with Crippen molar-refractivity contribution in [2.24, 2.45) is 0 Å². The Morgan fingerprint density at radius 3 is 2.29 bits per heavy atom. The molecule has 2 N–H and O–H groups in total. The molecule has 0 bridgehead atoms. The monoisotopic (exact) mass is 334 g/mol. The van der Waals surface area contributed by atoms with Gasteiger partial charge in [0.05, 0.1) is 12.7 Å². The number of hydrogen-bond acceptors (Lipinski definition) is 4. The number of carbonyl (C=O) groups is 1. The van der Waals surface area contributed by atoms with Crippen LogP contribution in [0.1, 0.15) is 64.7 Å². The van der Waals surface area contributed by atoms with E-state index in [0.29, 0.717) is 31.4 Å². The summed E-state index contributed by atoms with van der Waals surface area (Å²) in [6.07, 6.45) is 11.5. The molecule has 0 aliphatic heterocycles. The summed E-state index contributed by atoms with van der Waals surface area (Å²) in [4.78, 5) is 12.6. The molecule has 0 spiro atoms. The average Bonchev–Trinajstić information content (AvgIpc) is 3.26. The smallest absolute Gasteiger partial charge is 0.334 e. The number of rotatable bonds is 9. The van der Waals surface area contributed by atoms with Crippen molar-refractivity contribution in [3.05, 3.63) is 34.4 Å². The van der Waals surface area contributed by atoms with Crippen LogP contribution in [0.2, 0.25) is 0 Å². The van der Waals surface area contributed by atoms with Crippen LogP contribution in [0, 0.1) is 0 Å². The van der Waals surface area contributed by atoms with Gasteiger partial charge < -0.3 is 14.9 Å². The number of aliphatic hydroxyl groups excluding tert-OH is 2. The maximum absolute atomic E-state index is 12.6. The van der Waals surface area contributed by atoms with Gasteiger partial charge in [0.15, 0.2) is 0 Å². The van der Waals surface area contributed by atoms with Gasteiger partial charge in [-0.2, -0.15) is 0 Å². The second-order valence-electron chi connectivity index (χ2n) is 6.54. The Bertz CT molecular complexity index is 502. The molecule has 1 unspecified atom stereocenters. The lowest BCUT2D eigenvalue weighted by atomic mass is 9.88. The molecule has 0 radical (unpaired) electrons. The number of carbonyl (C=O) groups excluding carboxylic acids is 1. The Morgan fingerprint density at radius 1 is 1.21 bits per heavy atom. The van der Waals surface area contributed by atoms with Crippen molar-refractivity contribution in [1.82, 2.24) is 0 Å². The fraction of sp³-hybridized carbons (Fsp3) is 0.650. The van der Waals surface area contributed by atoms with E-state index in [-0.39, 0.29) is 12.6 Å². The number of esters is 1. The largest absolute Gasteiger partial charge is 0.463 e. The Morgan fingerprint density at radius 2 is 1.83 bits per heavy atom. The molecule has 0 aromatic carbocycles. The summed E-state index contributed by atoms with van der Waals surface area (Å²) in [5.41, 5.74) is 4.12. The summed E-state index contributed by atoms with van der Waals surface area (Å²) in [6, 6.07) is 0. The maximum atomic E-state index is 12.6. The van der Waals surface area contributed by atoms with Crippen LogP contribution in [0.25, 0.3) is 0 Å². The Kier molecular flexibility index (Phi) is 7.73. The molecule has 0 aromatic rings. The third-order valence-electron chi connectivity index (χ3n) is 4.68. The van der Waals surface area contributed by atoms with Gasteiger partial charge in [-0.05, 0) is 75.0 Å². The minimum absolute atomic E-state index is 0.0542. The summed E-state index contributed by atoms with van der Waals surface area (Å²) >= 11 is 0. The lowest BCUT2D eigenvalue weighted by Crippen LogP contribution is -2.18. The standard InChI is InChI=1S/C20H30O4/c1-2-24-20(23)18(14-17(22)12-7-13-21)19(15-8-3-4-9-15)16-10-5-6-11-16/h8,10,17,21-22H,2-7,9,11-14H2,1H3. The third-order valence-corrected chi connectivity index (χ3v) is 4.68. The normalized spacial score (nSPS) is 18.1. The molecule has 0 aromatic heterocycles. The fourth-order valence-corrected chi connectivity index (χ4v) is 3.56. The van der Waals surface area contributed by atoms with Crippen LogP contribution in [-0.2, 0) is 9.53 Å². The van der Waals surface area contributed by atoms with Crippen molar-refractivity contribution in [1.29, 1.82) is 0 Å². The van der Waals surface area contributed by atoms with E-state index >= 15 is 0 Å². The molecule has 0 heterocycles. The van der Waals surface area contributed by atoms with Crippen molar-refractivity contribution in [3.63, 3.8) is 0 Å². The van der Waals surface area contributed by atoms with Crippen LogP contribution in [0.4, 0.5) is 0 Å². The van der Waals surface area contributed by atoms with Gasteiger partial charge in [0.2, 0.25) is 0 Å². The van der Waals surface area contributed by atoms with Crippen LogP contribution in [0.15, 0.2) is 34.4 Å². The second-order valence-corrected chi connectivity index (χ2v) is 6.54. The van der Waals surface area contributed by atoms with E-state index in [0.717, 1.165) is 44.1 Å². The molecule has 4 heteroatoms. The number of allylic oxidation sites excluding steroid dienone is 5. The van der Waals surface area contributed by atoms with Crippen LogP contribution in [-0.4, -0.2) is 35.5 Å². The topological polar surface area (TPSA) is 66.8 Å². The Labute approximate surface area is 144 Å². The minimum atomic E-state index is -0.629. The highest BCUT2D eigenvalue weighted by Crippen LogP contribution is 2.38. The van der Waals surface area contributed by atoms with Gasteiger partial charge in [-0.3, -0.25) is 0 Å². The third kappa shape index (κ3) is 5.05. The molecule has 0 saturated heterocycles. The highest BCUT2D eigenvalue weighted by molar-refractivity contribution is 5.91. The van der Waals surface area contributed by atoms with Crippen molar-refractivity contribution in [2.45, 2.75) is 70.8 Å². The summed E-state index contributed by atoms with van der Waals surface area (Å²) < 4.78 is 5.30. The van der Waals surface area contributed by atoms with Gasteiger partial charge in [0, 0.05) is 18.6 Å². The zero-order chi connectivity index (χ0) is 17.4.